The molecule has 0 aliphatic heterocycles. The van der Waals surface area contributed by atoms with Crippen LogP contribution in [0.5, 0.6) is 0 Å². The van der Waals surface area contributed by atoms with Crippen LogP contribution < -0.4 is 0 Å². The van der Waals surface area contributed by atoms with E-state index >= 15 is 0 Å². The fourth-order valence-electron chi connectivity index (χ4n) is 1.70. The van der Waals surface area contributed by atoms with Crippen molar-refractivity contribution >= 4 is 11.6 Å². The molecule has 0 amide bonds. The van der Waals surface area contributed by atoms with Crippen LogP contribution in [0.15, 0.2) is 6.33 Å². The maximum atomic E-state index is 6.22. The number of hydrogen-bond donors (Lipinski definition) is 0. The molecule has 1 aromatic rings. The van der Waals surface area contributed by atoms with Crippen LogP contribution >= 0.6 is 11.6 Å². The van der Waals surface area contributed by atoms with Crippen LogP contribution in [0.2, 0.25) is 0 Å². The van der Waals surface area contributed by atoms with Crippen LogP contribution in [-0.4, -0.2) is 20.1 Å². The lowest BCUT2D eigenvalue weighted by Gasteiger charge is -2.06. The molecule has 4 heteroatoms. The van der Waals surface area contributed by atoms with Gasteiger partial charge in [0.05, 0.1) is 0 Å². The number of aryl methyl sites for hydroxylation is 2. The van der Waals surface area contributed by atoms with Gasteiger partial charge in [-0.05, 0) is 31.6 Å². The Morgan fingerprint density at radius 2 is 2.43 bits per heavy atom. The Kier molecular flexibility index (Phi) is 3.06. The SMILES string of the molecule is Cn1ncnc1CCCC(Cl)C1CC1. The van der Waals surface area contributed by atoms with Gasteiger partial charge in [0.15, 0.2) is 0 Å². The number of hydrogen-bond acceptors (Lipinski definition) is 2. The van der Waals surface area contributed by atoms with Crippen molar-refractivity contribution in [3.8, 4) is 0 Å². The van der Waals surface area contributed by atoms with Crippen LogP contribution in [0.1, 0.15) is 31.5 Å². The van der Waals surface area contributed by atoms with Gasteiger partial charge in [0.1, 0.15) is 12.2 Å². The summed E-state index contributed by atoms with van der Waals surface area (Å²) in [6, 6.07) is 0. The fraction of sp³-hybridized carbons (Fsp3) is 0.800. The summed E-state index contributed by atoms with van der Waals surface area (Å²) in [6.45, 7) is 0. The third-order valence-electron chi connectivity index (χ3n) is 2.82. The van der Waals surface area contributed by atoms with E-state index in [2.05, 4.69) is 10.1 Å². The Hall–Kier alpha value is -0.570. The van der Waals surface area contributed by atoms with E-state index in [0.717, 1.165) is 31.0 Å². The van der Waals surface area contributed by atoms with Crippen molar-refractivity contribution in [1.29, 1.82) is 0 Å². The molecule has 78 valence electrons. The van der Waals surface area contributed by atoms with Gasteiger partial charge in [0.2, 0.25) is 0 Å². The second kappa shape index (κ2) is 4.30. The Balaban J connectivity index is 1.69. The van der Waals surface area contributed by atoms with Gasteiger partial charge in [0.25, 0.3) is 0 Å². The summed E-state index contributed by atoms with van der Waals surface area (Å²) in [5.74, 6) is 1.86. The van der Waals surface area contributed by atoms with E-state index in [9.17, 15) is 0 Å². The average molecular weight is 214 g/mol. The van der Waals surface area contributed by atoms with Crippen molar-refractivity contribution in [2.45, 2.75) is 37.5 Å². The largest absolute Gasteiger partial charge is 0.253 e. The van der Waals surface area contributed by atoms with Crippen molar-refractivity contribution in [3.63, 3.8) is 0 Å². The summed E-state index contributed by atoms with van der Waals surface area (Å²) in [6.07, 6.45) is 7.49. The van der Waals surface area contributed by atoms with Crippen molar-refractivity contribution < 1.29 is 0 Å². The first-order chi connectivity index (χ1) is 6.77. The average Bonchev–Trinajstić information content (AvgIpc) is 2.93. The van der Waals surface area contributed by atoms with Crippen molar-refractivity contribution in [1.82, 2.24) is 14.8 Å². The number of aromatic nitrogens is 3. The number of rotatable bonds is 5. The lowest BCUT2D eigenvalue weighted by atomic mass is 10.1. The molecule has 1 saturated carbocycles. The van der Waals surface area contributed by atoms with E-state index in [0.29, 0.717) is 5.38 Å². The minimum atomic E-state index is 0.392. The third-order valence-corrected chi connectivity index (χ3v) is 3.39. The van der Waals surface area contributed by atoms with Gasteiger partial charge in [-0.25, -0.2) is 4.98 Å². The number of alkyl halides is 1. The molecule has 1 unspecified atom stereocenters. The Bertz CT molecular complexity index is 293. The predicted octanol–water partition coefficient (Wildman–Crippen LogP) is 2.16. The molecule has 1 fully saturated rings. The molecule has 1 heterocycles. The highest BCUT2D eigenvalue weighted by atomic mass is 35.5. The topological polar surface area (TPSA) is 30.7 Å². The third kappa shape index (κ3) is 2.47. The van der Waals surface area contributed by atoms with Crippen LogP contribution in [0.4, 0.5) is 0 Å². The van der Waals surface area contributed by atoms with Crippen LogP contribution in [0.25, 0.3) is 0 Å². The van der Waals surface area contributed by atoms with Crippen LogP contribution in [-0.2, 0) is 13.5 Å². The highest BCUT2D eigenvalue weighted by molar-refractivity contribution is 6.20. The minimum absolute atomic E-state index is 0.392. The van der Waals surface area contributed by atoms with Gasteiger partial charge < -0.3 is 0 Å². The van der Waals surface area contributed by atoms with E-state index in [4.69, 9.17) is 11.6 Å². The Labute approximate surface area is 89.5 Å². The first-order valence-electron chi connectivity index (χ1n) is 5.24. The Morgan fingerprint density at radius 1 is 1.64 bits per heavy atom. The van der Waals surface area contributed by atoms with E-state index in [1.54, 1.807) is 6.33 Å². The molecule has 2 rings (SSSR count). The maximum Gasteiger partial charge on any atom is 0.138 e. The molecule has 1 aliphatic carbocycles. The molecule has 0 N–H and O–H groups in total. The summed E-state index contributed by atoms with van der Waals surface area (Å²) in [4.78, 5) is 4.18. The molecule has 0 aromatic carbocycles. The Morgan fingerprint density at radius 3 is 3.00 bits per heavy atom. The lowest BCUT2D eigenvalue weighted by Crippen LogP contribution is -2.04. The summed E-state index contributed by atoms with van der Waals surface area (Å²) in [5.41, 5.74) is 0. The van der Waals surface area contributed by atoms with E-state index in [1.165, 1.54) is 12.8 Å². The molecule has 14 heavy (non-hydrogen) atoms. The molecule has 1 aliphatic rings. The van der Waals surface area contributed by atoms with Gasteiger partial charge in [-0.2, -0.15) is 5.10 Å². The van der Waals surface area contributed by atoms with Crippen molar-refractivity contribution in [3.05, 3.63) is 12.2 Å². The van der Waals surface area contributed by atoms with Crippen molar-refractivity contribution in [2.24, 2.45) is 13.0 Å². The first-order valence-corrected chi connectivity index (χ1v) is 5.68. The number of nitrogens with zero attached hydrogens (tertiary/aromatic N) is 3. The lowest BCUT2D eigenvalue weighted by molar-refractivity contribution is 0.605. The van der Waals surface area contributed by atoms with Gasteiger partial charge >= 0.3 is 0 Å². The van der Waals surface area contributed by atoms with E-state index in [-0.39, 0.29) is 0 Å². The summed E-state index contributed by atoms with van der Waals surface area (Å²) in [5, 5.41) is 4.43. The molecule has 0 radical (unpaired) electrons. The monoisotopic (exact) mass is 213 g/mol. The van der Waals surface area contributed by atoms with Gasteiger partial charge in [0, 0.05) is 18.8 Å². The van der Waals surface area contributed by atoms with Crippen molar-refractivity contribution in [2.75, 3.05) is 0 Å². The molecule has 3 nitrogen and oxygen atoms in total. The molecule has 1 atom stereocenters. The van der Waals surface area contributed by atoms with Crippen LogP contribution in [0, 0.1) is 5.92 Å². The predicted molar refractivity (Wildman–Crippen MR) is 56.3 cm³/mol. The second-order valence-corrected chi connectivity index (χ2v) is 4.61. The highest BCUT2D eigenvalue weighted by Gasteiger charge is 2.28. The van der Waals surface area contributed by atoms with Gasteiger partial charge in [-0.1, -0.05) is 0 Å². The molecular weight excluding hydrogens is 198 g/mol. The number of halogens is 1. The summed E-state index contributed by atoms with van der Waals surface area (Å²) < 4.78 is 1.83. The highest BCUT2D eigenvalue weighted by Crippen LogP contribution is 2.37. The molecule has 1 aromatic heterocycles. The zero-order chi connectivity index (χ0) is 9.97. The second-order valence-electron chi connectivity index (χ2n) is 4.05. The van der Waals surface area contributed by atoms with E-state index < -0.39 is 0 Å². The molecule has 0 spiro atoms. The molecule has 0 bridgehead atoms. The molecule has 0 saturated heterocycles. The first kappa shape index (κ1) is 9.97. The molecular formula is C10H16ClN3. The summed E-state index contributed by atoms with van der Waals surface area (Å²) >= 11 is 6.22. The quantitative estimate of drug-likeness (QED) is 0.702. The summed E-state index contributed by atoms with van der Waals surface area (Å²) in [7, 11) is 1.93. The minimum Gasteiger partial charge on any atom is -0.253 e. The zero-order valence-corrected chi connectivity index (χ0v) is 9.24. The smallest absolute Gasteiger partial charge is 0.138 e. The standard InChI is InChI=1S/C10H16ClN3/c1-14-10(12-7-13-14)4-2-3-9(11)8-5-6-8/h7-9H,2-6H2,1H3. The maximum absolute atomic E-state index is 6.22. The van der Waals surface area contributed by atoms with Gasteiger partial charge in [-0.3, -0.25) is 4.68 Å². The zero-order valence-electron chi connectivity index (χ0n) is 8.49. The van der Waals surface area contributed by atoms with E-state index in [1.807, 2.05) is 11.7 Å². The normalized spacial score (nSPS) is 18.4. The fourth-order valence-corrected chi connectivity index (χ4v) is 2.10. The van der Waals surface area contributed by atoms with Gasteiger partial charge in [-0.15, -0.1) is 11.6 Å². The van der Waals surface area contributed by atoms with Crippen LogP contribution in [0.3, 0.4) is 0 Å².